The van der Waals surface area contributed by atoms with Gasteiger partial charge in [0.25, 0.3) is 5.91 Å². The summed E-state index contributed by atoms with van der Waals surface area (Å²) in [5, 5.41) is 10.6. The number of hydrogen-bond donors (Lipinski definition) is 2. The number of amides is 1. The lowest BCUT2D eigenvalue weighted by molar-refractivity contribution is 0.0948. The predicted molar refractivity (Wildman–Crippen MR) is 91.9 cm³/mol. The van der Waals surface area contributed by atoms with Crippen molar-refractivity contribution >= 4 is 17.4 Å². The molecule has 3 aromatic heterocycles. The highest BCUT2D eigenvalue weighted by Crippen LogP contribution is 2.15. The second kappa shape index (κ2) is 7.08. The van der Waals surface area contributed by atoms with Gasteiger partial charge in [-0.3, -0.25) is 9.78 Å². The maximum absolute atomic E-state index is 12.3. The molecule has 0 unspecified atom stereocenters. The Morgan fingerprint density at radius 3 is 2.83 bits per heavy atom. The number of pyridine rings is 1. The Kier molecular flexibility index (Phi) is 4.69. The molecule has 0 radical (unpaired) electrons. The minimum Gasteiger partial charge on any atom is -0.364 e. The lowest BCUT2D eigenvalue weighted by Crippen LogP contribution is -2.25. The number of nitrogens with one attached hydrogen (secondary N) is 2. The van der Waals surface area contributed by atoms with E-state index in [0.717, 1.165) is 11.3 Å². The third kappa shape index (κ3) is 3.19. The van der Waals surface area contributed by atoms with E-state index in [1.54, 1.807) is 16.9 Å². The summed E-state index contributed by atoms with van der Waals surface area (Å²) in [6, 6.07) is 7.61. The summed E-state index contributed by atoms with van der Waals surface area (Å²) in [4.78, 5) is 20.9. The van der Waals surface area contributed by atoms with E-state index in [9.17, 15) is 4.79 Å². The lowest BCUT2D eigenvalue weighted by Gasteiger charge is -2.07. The molecule has 0 spiro atoms. The summed E-state index contributed by atoms with van der Waals surface area (Å²) in [7, 11) is 0. The van der Waals surface area contributed by atoms with Gasteiger partial charge in [0.15, 0.2) is 11.3 Å². The van der Waals surface area contributed by atoms with E-state index in [2.05, 4.69) is 25.7 Å². The van der Waals surface area contributed by atoms with Gasteiger partial charge in [0, 0.05) is 25.5 Å². The first kappa shape index (κ1) is 15.9. The summed E-state index contributed by atoms with van der Waals surface area (Å²) in [5.74, 6) is 0.524. The predicted octanol–water partition coefficient (Wildman–Crippen LogP) is 2.05. The monoisotopic (exact) mass is 324 g/mol. The van der Waals surface area contributed by atoms with E-state index in [1.165, 1.54) is 0 Å². The molecule has 0 aromatic carbocycles. The van der Waals surface area contributed by atoms with Crippen LogP contribution in [0.5, 0.6) is 0 Å². The molecular formula is C17H20N6O. The van der Waals surface area contributed by atoms with Crippen LogP contribution in [0.2, 0.25) is 0 Å². The largest absolute Gasteiger partial charge is 0.364 e. The average Bonchev–Trinajstić information content (AvgIpc) is 2.99. The number of imidazole rings is 1. The van der Waals surface area contributed by atoms with E-state index in [1.807, 2.05) is 38.1 Å². The van der Waals surface area contributed by atoms with E-state index in [4.69, 9.17) is 0 Å². The van der Waals surface area contributed by atoms with Crippen molar-refractivity contribution in [3.05, 3.63) is 53.6 Å². The fourth-order valence-electron chi connectivity index (χ4n) is 2.49. The number of fused-ring (bicyclic) bond motifs is 1. The molecule has 3 rings (SSSR count). The standard InChI is InChI=1S/C17H20N6O/c1-3-13-16(17(24)19-4-2)23-15(21-13)8-7-14(22-23)20-11-12-6-5-9-18-10-12/h5-10H,3-4,11H2,1-2H3,(H,19,24)(H,20,22). The molecule has 0 fully saturated rings. The van der Waals surface area contributed by atoms with Gasteiger partial charge in [-0.2, -0.15) is 0 Å². The van der Waals surface area contributed by atoms with Gasteiger partial charge < -0.3 is 10.6 Å². The Labute approximate surface area is 140 Å². The molecule has 124 valence electrons. The van der Waals surface area contributed by atoms with Crippen LogP contribution >= 0.6 is 0 Å². The Hall–Kier alpha value is -2.96. The molecule has 3 heterocycles. The number of rotatable bonds is 6. The van der Waals surface area contributed by atoms with Gasteiger partial charge in [-0.25, -0.2) is 9.50 Å². The first-order valence-electron chi connectivity index (χ1n) is 8.02. The summed E-state index contributed by atoms with van der Waals surface area (Å²) in [5.41, 5.74) is 2.97. The maximum atomic E-state index is 12.3. The second-order valence-electron chi connectivity index (χ2n) is 5.32. The normalized spacial score (nSPS) is 10.8. The molecule has 2 N–H and O–H groups in total. The van der Waals surface area contributed by atoms with Gasteiger partial charge in [0.05, 0.1) is 5.69 Å². The molecule has 0 bridgehead atoms. The minimum atomic E-state index is -0.154. The third-order valence-corrected chi connectivity index (χ3v) is 3.63. The first-order chi connectivity index (χ1) is 11.7. The minimum absolute atomic E-state index is 0.154. The van der Waals surface area contributed by atoms with E-state index in [0.29, 0.717) is 36.7 Å². The van der Waals surface area contributed by atoms with E-state index < -0.39 is 0 Å². The van der Waals surface area contributed by atoms with E-state index in [-0.39, 0.29) is 5.91 Å². The molecule has 1 amide bonds. The van der Waals surface area contributed by atoms with Crippen molar-refractivity contribution in [2.75, 3.05) is 11.9 Å². The van der Waals surface area contributed by atoms with Gasteiger partial charge in [-0.05, 0) is 37.1 Å². The van der Waals surface area contributed by atoms with Crippen LogP contribution in [0.3, 0.4) is 0 Å². The van der Waals surface area contributed by atoms with E-state index >= 15 is 0 Å². The molecule has 3 aromatic rings. The lowest BCUT2D eigenvalue weighted by atomic mass is 10.2. The highest BCUT2D eigenvalue weighted by molar-refractivity contribution is 5.94. The average molecular weight is 324 g/mol. The second-order valence-corrected chi connectivity index (χ2v) is 5.32. The number of nitrogens with zero attached hydrogens (tertiary/aromatic N) is 4. The van der Waals surface area contributed by atoms with Crippen LogP contribution in [-0.2, 0) is 13.0 Å². The zero-order valence-corrected chi connectivity index (χ0v) is 13.8. The third-order valence-electron chi connectivity index (χ3n) is 3.63. The summed E-state index contributed by atoms with van der Waals surface area (Å²) < 4.78 is 1.61. The molecule has 7 heteroatoms. The summed E-state index contributed by atoms with van der Waals surface area (Å²) in [6.45, 7) is 5.04. The van der Waals surface area contributed by atoms with Crippen LogP contribution in [-0.4, -0.2) is 32.0 Å². The van der Waals surface area contributed by atoms with Crippen molar-refractivity contribution in [1.29, 1.82) is 0 Å². The maximum Gasteiger partial charge on any atom is 0.271 e. The molecule has 24 heavy (non-hydrogen) atoms. The number of carbonyl (C=O) groups excluding carboxylic acids is 1. The van der Waals surface area contributed by atoms with Gasteiger partial charge in [0.2, 0.25) is 0 Å². The summed E-state index contributed by atoms with van der Waals surface area (Å²) >= 11 is 0. The van der Waals surface area contributed by atoms with Crippen molar-refractivity contribution < 1.29 is 4.79 Å². The van der Waals surface area contributed by atoms with Crippen LogP contribution < -0.4 is 10.6 Å². The zero-order valence-electron chi connectivity index (χ0n) is 13.8. The highest BCUT2D eigenvalue weighted by atomic mass is 16.2. The van der Waals surface area contributed by atoms with Crippen LogP contribution in [0.15, 0.2) is 36.7 Å². The molecule has 7 nitrogen and oxygen atoms in total. The molecule has 0 atom stereocenters. The fraction of sp³-hybridized carbons (Fsp3) is 0.294. The SMILES string of the molecule is CCNC(=O)c1c(CC)nc2ccc(NCc3cccnc3)nn12. The van der Waals surface area contributed by atoms with Gasteiger partial charge in [-0.15, -0.1) is 5.10 Å². The van der Waals surface area contributed by atoms with Gasteiger partial charge >= 0.3 is 0 Å². The summed E-state index contributed by atoms with van der Waals surface area (Å²) in [6.07, 6.45) is 4.22. The van der Waals surface area contributed by atoms with Crippen LogP contribution in [0.4, 0.5) is 5.82 Å². The Morgan fingerprint density at radius 2 is 2.12 bits per heavy atom. The van der Waals surface area contributed by atoms with Gasteiger partial charge in [-0.1, -0.05) is 13.0 Å². The van der Waals surface area contributed by atoms with Crippen molar-refractivity contribution in [1.82, 2.24) is 24.9 Å². The highest BCUT2D eigenvalue weighted by Gasteiger charge is 2.18. The van der Waals surface area contributed by atoms with Crippen LogP contribution in [0.1, 0.15) is 35.6 Å². The molecule has 0 aliphatic carbocycles. The Bertz CT molecular complexity index is 843. The topological polar surface area (TPSA) is 84.2 Å². The Morgan fingerprint density at radius 1 is 1.25 bits per heavy atom. The quantitative estimate of drug-likeness (QED) is 0.725. The van der Waals surface area contributed by atoms with Gasteiger partial charge in [0.1, 0.15) is 5.82 Å². The first-order valence-corrected chi connectivity index (χ1v) is 8.02. The number of hydrogen-bond acceptors (Lipinski definition) is 5. The molecule has 0 aliphatic rings. The number of aromatic nitrogens is 4. The molecular weight excluding hydrogens is 304 g/mol. The smallest absolute Gasteiger partial charge is 0.271 e. The molecule has 0 aliphatic heterocycles. The zero-order chi connectivity index (χ0) is 16.9. The van der Waals surface area contributed by atoms with Crippen LogP contribution in [0, 0.1) is 0 Å². The Balaban J connectivity index is 1.91. The van der Waals surface area contributed by atoms with Crippen molar-refractivity contribution in [3.8, 4) is 0 Å². The number of anilines is 1. The van der Waals surface area contributed by atoms with Crippen molar-refractivity contribution in [2.24, 2.45) is 0 Å². The number of carbonyl (C=O) groups is 1. The van der Waals surface area contributed by atoms with Crippen molar-refractivity contribution in [3.63, 3.8) is 0 Å². The van der Waals surface area contributed by atoms with Crippen molar-refractivity contribution in [2.45, 2.75) is 26.8 Å². The van der Waals surface area contributed by atoms with Crippen LogP contribution in [0.25, 0.3) is 5.65 Å². The molecule has 0 saturated heterocycles. The molecule has 0 saturated carbocycles. The number of aryl methyl sites for hydroxylation is 1. The fourth-order valence-corrected chi connectivity index (χ4v) is 2.49.